The van der Waals surface area contributed by atoms with Crippen molar-refractivity contribution in [2.24, 2.45) is 5.92 Å². The quantitative estimate of drug-likeness (QED) is 0.890. The van der Waals surface area contributed by atoms with Crippen molar-refractivity contribution in [1.29, 1.82) is 0 Å². The molecule has 0 atom stereocenters. The molecule has 0 aromatic carbocycles. The highest BCUT2D eigenvalue weighted by Gasteiger charge is 2.32. The van der Waals surface area contributed by atoms with Gasteiger partial charge in [-0.25, -0.2) is 9.97 Å². The lowest BCUT2D eigenvalue weighted by Gasteiger charge is -2.33. The Balaban J connectivity index is 1.38. The largest absolute Gasteiger partial charge is 0.356 e. The molecule has 2 aromatic rings. The molecule has 1 saturated heterocycles. The standard InChI is InChI=1S/C20H26N4OS/c1-12-17-16(11-26-12)22-18(13-3-2-4-13)23-19(17)24-9-7-14(8-10-24)20(25)21-15-5-6-15/h11,13-15H,2-10H2,1H3,(H,21,25). The van der Waals surface area contributed by atoms with Gasteiger partial charge in [0.15, 0.2) is 0 Å². The van der Waals surface area contributed by atoms with Gasteiger partial charge in [0.1, 0.15) is 11.6 Å². The number of hydrogen-bond donors (Lipinski definition) is 1. The minimum Gasteiger partial charge on any atom is -0.356 e. The summed E-state index contributed by atoms with van der Waals surface area (Å²) in [5.41, 5.74) is 1.10. The number of anilines is 1. The van der Waals surface area contributed by atoms with E-state index in [2.05, 4.69) is 22.5 Å². The molecule has 138 valence electrons. The van der Waals surface area contributed by atoms with Crippen LogP contribution in [0.3, 0.4) is 0 Å². The normalized spacial score (nSPS) is 21.8. The Labute approximate surface area is 158 Å². The summed E-state index contributed by atoms with van der Waals surface area (Å²) in [5.74, 6) is 3.11. The number of carbonyl (C=O) groups is 1. The first-order valence-electron chi connectivity index (χ1n) is 10.00. The summed E-state index contributed by atoms with van der Waals surface area (Å²) in [4.78, 5) is 25.9. The number of fused-ring (bicyclic) bond motifs is 1. The first kappa shape index (κ1) is 16.5. The number of piperidine rings is 1. The number of aromatic nitrogens is 2. The predicted octanol–water partition coefficient (Wildman–Crippen LogP) is 3.76. The van der Waals surface area contributed by atoms with Gasteiger partial charge in [0.05, 0.1) is 10.9 Å². The molecule has 2 aromatic heterocycles. The van der Waals surface area contributed by atoms with Crippen molar-refractivity contribution in [2.45, 2.75) is 63.8 Å². The van der Waals surface area contributed by atoms with Crippen LogP contribution in [0.4, 0.5) is 5.82 Å². The maximum Gasteiger partial charge on any atom is 0.223 e. The lowest BCUT2D eigenvalue weighted by Crippen LogP contribution is -2.41. The van der Waals surface area contributed by atoms with E-state index >= 15 is 0 Å². The molecule has 3 heterocycles. The lowest BCUT2D eigenvalue weighted by atomic mass is 9.85. The van der Waals surface area contributed by atoms with Crippen molar-refractivity contribution in [3.63, 3.8) is 0 Å². The maximum absolute atomic E-state index is 12.4. The Bertz CT molecular complexity index is 832. The molecular weight excluding hydrogens is 344 g/mol. The highest BCUT2D eigenvalue weighted by atomic mass is 32.1. The molecule has 1 N–H and O–H groups in total. The second-order valence-corrected chi connectivity index (χ2v) is 9.21. The summed E-state index contributed by atoms with van der Waals surface area (Å²) in [6.07, 6.45) is 7.90. The van der Waals surface area contributed by atoms with Crippen molar-refractivity contribution >= 4 is 34.0 Å². The third kappa shape index (κ3) is 2.98. The molecule has 0 radical (unpaired) electrons. The van der Waals surface area contributed by atoms with E-state index in [9.17, 15) is 4.79 Å². The van der Waals surface area contributed by atoms with Crippen molar-refractivity contribution in [2.75, 3.05) is 18.0 Å². The summed E-state index contributed by atoms with van der Waals surface area (Å²) in [5, 5.41) is 6.57. The zero-order valence-corrected chi connectivity index (χ0v) is 16.1. The number of amides is 1. The third-order valence-electron chi connectivity index (χ3n) is 6.19. The summed E-state index contributed by atoms with van der Waals surface area (Å²) in [7, 11) is 0. The van der Waals surface area contributed by atoms with Crippen molar-refractivity contribution < 1.29 is 4.79 Å². The van der Waals surface area contributed by atoms with Crippen LogP contribution in [0.25, 0.3) is 10.9 Å². The Morgan fingerprint density at radius 2 is 1.92 bits per heavy atom. The molecule has 1 aliphatic heterocycles. The van der Waals surface area contributed by atoms with Gasteiger partial charge >= 0.3 is 0 Å². The van der Waals surface area contributed by atoms with E-state index in [1.807, 2.05) is 0 Å². The molecule has 5 nitrogen and oxygen atoms in total. The van der Waals surface area contributed by atoms with E-state index < -0.39 is 0 Å². The van der Waals surface area contributed by atoms with E-state index in [0.717, 1.165) is 55.9 Å². The van der Waals surface area contributed by atoms with E-state index in [4.69, 9.17) is 9.97 Å². The zero-order chi connectivity index (χ0) is 17.7. The second-order valence-electron chi connectivity index (χ2n) is 8.13. The van der Waals surface area contributed by atoms with Gasteiger partial charge in [-0.15, -0.1) is 11.3 Å². The molecule has 1 amide bonds. The minimum atomic E-state index is 0.166. The fraction of sp³-hybridized carbons (Fsp3) is 0.650. The Hall–Kier alpha value is -1.69. The van der Waals surface area contributed by atoms with Crippen LogP contribution in [0.5, 0.6) is 0 Å². The van der Waals surface area contributed by atoms with E-state index in [0.29, 0.717) is 12.0 Å². The van der Waals surface area contributed by atoms with Crippen LogP contribution < -0.4 is 10.2 Å². The number of nitrogens with one attached hydrogen (secondary N) is 1. The van der Waals surface area contributed by atoms with Gasteiger partial charge in [-0.3, -0.25) is 4.79 Å². The molecule has 0 unspecified atom stereocenters. The highest BCUT2D eigenvalue weighted by Crippen LogP contribution is 2.39. The molecule has 2 saturated carbocycles. The van der Waals surface area contributed by atoms with Crippen molar-refractivity contribution in [3.05, 3.63) is 16.1 Å². The Morgan fingerprint density at radius 1 is 1.15 bits per heavy atom. The molecule has 0 bridgehead atoms. The van der Waals surface area contributed by atoms with Gasteiger partial charge in [0.25, 0.3) is 0 Å². The van der Waals surface area contributed by atoms with Crippen molar-refractivity contribution in [3.8, 4) is 0 Å². The van der Waals surface area contributed by atoms with Crippen LogP contribution in [0.15, 0.2) is 5.38 Å². The monoisotopic (exact) mass is 370 g/mol. The van der Waals surface area contributed by atoms with Gasteiger partial charge in [-0.05, 0) is 45.4 Å². The number of aryl methyl sites for hydroxylation is 1. The van der Waals surface area contributed by atoms with Crippen LogP contribution in [0.2, 0.25) is 0 Å². The highest BCUT2D eigenvalue weighted by molar-refractivity contribution is 7.11. The van der Waals surface area contributed by atoms with Crippen LogP contribution in [0, 0.1) is 12.8 Å². The number of carbonyl (C=O) groups excluding carboxylic acids is 1. The first-order valence-corrected chi connectivity index (χ1v) is 10.9. The van der Waals surface area contributed by atoms with Crippen LogP contribution in [-0.4, -0.2) is 35.0 Å². The van der Waals surface area contributed by atoms with Gasteiger partial charge in [-0.1, -0.05) is 6.42 Å². The molecule has 3 fully saturated rings. The number of rotatable bonds is 4. The summed E-state index contributed by atoms with van der Waals surface area (Å²) in [6.45, 7) is 3.99. The lowest BCUT2D eigenvalue weighted by molar-refractivity contribution is -0.125. The summed E-state index contributed by atoms with van der Waals surface area (Å²) >= 11 is 1.77. The van der Waals surface area contributed by atoms with Gasteiger partial charge in [0.2, 0.25) is 5.91 Å². The molecule has 2 aliphatic carbocycles. The number of thiophene rings is 1. The SMILES string of the molecule is Cc1scc2nc(C3CCC3)nc(N3CCC(C(=O)NC4CC4)CC3)c12. The topological polar surface area (TPSA) is 58.1 Å². The maximum atomic E-state index is 12.4. The average molecular weight is 371 g/mol. The molecule has 6 heteroatoms. The van der Waals surface area contributed by atoms with Crippen LogP contribution in [-0.2, 0) is 4.79 Å². The van der Waals surface area contributed by atoms with E-state index in [1.165, 1.54) is 29.5 Å². The third-order valence-corrected chi connectivity index (χ3v) is 7.09. The Morgan fingerprint density at radius 3 is 2.58 bits per heavy atom. The zero-order valence-electron chi connectivity index (χ0n) is 15.3. The molecular formula is C20H26N4OS. The predicted molar refractivity (Wildman–Crippen MR) is 105 cm³/mol. The number of nitrogens with zero attached hydrogens (tertiary/aromatic N) is 3. The van der Waals surface area contributed by atoms with Crippen molar-refractivity contribution in [1.82, 2.24) is 15.3 Å². The van der Waals surface area contributed by atoms with Crippen LogP contribution >= 0.6 is 11.3 Å². The molecule has 0 spiro atoms. The fourth-order valence-electron chi connectivity index (χ4n) is 4.09. The van der Waals surface area contributed by atoms with E-state index in [1.54, 1.807) is 11.3 Å². The van der Waals surface area contributed by atoms with E-state index in [-0.39, 0.29) is 11.8 Å². The fourth-order valence-corrected chi connectivity index (χ4v) is 4.86. The molecule has 26 heavy (non-hydrogen) atoms. The van der Waals surface area contributed by atoms with Gasteiger partial charge in [-0.2, -0.15) is 0 Å². The summed E-state index contributed by atoms with van der Waals surface area (Å²) in [6, 6.07) is 0.459. The number of hydrogen-bond acceptors (Lipinski definition) is 5. The van der Waals surface area contributed by atoms with Crippen LogP contribution in [0.1, 0.15) is 61.6 Å². The average Bonchev–Trinajstić information content (AvgIpc) is 3.34. The Kier molecular flexibility index (Phi) is 4.11. The minimum absolute atomic E-state index is 0.166. The molecule has 3 aliphatic rings. The van der Waals surface area contributed by atoms with Gasteiger partial charge < -0.3 is 10.2 Å². The smallest absolute Gasteiger partial charge is 0.223 e. The molecule has 5 rings (SSSR count). The van der Waals surface area contributed by atoms with Gasteiger partial charge in [0, 0.05) is 41.2 Å². The second kappa shape index (κ2) is 6.48. The summed E-state index contributed by atoms with van der Waals surface area (Å²) < 4.78 is 0. The first-order chi connectivity index (χ1) is 12.7.